The SMILES string of the molecule is Cc1cc(NC(=O)N(C)C)cc(C(=O)O)c1. The van der Waals surface area contributed by atoms with Gasteiger partial charge in [-0.25, -0.2) is 9.59 Å². The molecular formula is C11H14N2O3. The molecule has 1 aromatic carbocycles. The molecule has 0 bridgehead atoms. The number of anilines is 1. The lowest BCUT2D eigenvalue weighted by Gasteiger charge is -2.12. The Labute approximate surface area is 93.7 Å². The molecule has 0 aliphatic carbocycles. The number of aryl methyl sites for hydroxylation is 1. The number of nitrogens with one attached hydrogen (secondary N) is 1. The number of carbonyl (C=O) groups is 2. The van der Waals surface area contributed by atoms with Crippen molar-refractivity contribution in [2.24, 2.45) is 0 Å². The summed E-state index contributed by atoms with van der Waals surface area (Å²) < 4.78 is 0. The van der Waals surface area contributed by atoms with Crippen LogP contribution < -0.4 is 5.32 Å². The number of rotatable bonds is 2. The summed E-state index contributed by atoms with van der Waals surface area (Å²) >= 11 is 0. The summed E-state index contributed by atoms with van der Waals surface area (Å²) in [5.41, 5.74) is 1.43. The first kappa shape index (κ1) is 12.0. The molecule has 0 unspecified atom stereocenters. The molecule has 0 radical (unpaired) electrons. The molecule has 2 amide bonds. The van der Waals surface area contributed by atoms with Gasteiger partial charge < -0.3 is 15.3 Å². The minimum Gasteiger partial charge on any atom is -0.478 e. The number of hydrogen-bond acceptors (Lipinski definition) is 2. The van der Waals surface area contributed by atoms with Gasteiger partial charge in [-0.2, -0.15) is 0 Å². The van der Waals surface area contributed by atoms with Gasteiger partial charge in [0, 0.05) is 19.8 Å². The van der Waals surface area contributed by atoms with Crippen molar-refractivity contribution in [3.05, 3.63) is 29.3 Å². The maximum atomic E-state index is 11.4. The van der Waals surface area contributed by atoms with E-state index in [9.17, 15) is 9.59 Å². The van der Waals surface area contributed by atoms with Crippen LogP contribution in [0.5, 0.6) is 0 Å². The summed E-state index contributed by atoms with van der Waals surface area (Å²) in [6.45, 7) is 1.78. The molecule has 86 valence electrons. The van der Waals surface area contributed by atoms with Crippen molar-refractivity contribution < 1.29 is 14.7 Å². The fraction of sp³-hybridized carbons (Fsp3) is 0.273. The first-order chi connectivity index (χ1) is 7.40. The Morgan fingerprint density at radius 3 is 2.38 bits per heavy atom. The summed E-state index contributed by atoms with van der Waals surface area (Å²) in [7, 11) is 3.23. The average Bonchev–Trinajstić information content (AvgIpc) is 2.16. The lowest BCUT2D eigenvalue weighted by Crippen LogP contribution is -2.27. The van der Waals surface area contributed by atoms with Gasteiger partial charge in [0.25, 0.3) is 0 Å². The molecule has 0 saturated carbocycles. The van der Waals surface area contributed by atoms with Gasteiger partial charge in [0.2, 0.25) is 0 Å². The number of benzene rings is 1. The van der Waals surface area contributed by atoms with Crippen LogP contribution in [0.2, 0.25) is 0 Å². The fourth-order valence-corrected chi connectivity index (χ4v) is 1.21. The molecule has 0 saturated heterocycles. The zero-order valence-corrected chi connectivity index (χ0v) is 9.44. The first-order valence-corrected chi connectivity index (χ1v) is 4.73. The van der Waals surface area contributed by atoms with Gasteiger partial charge in [-0.15, -0.1) is 0 Å². The van der Waals surface area contributed by atoms with Crippen molar-refractivity contribution in [1.29, 1.82) is 0 Å². The molecule has 0 spiro atoms. The van der Waals surface area contributed by atoms with Gasteiger partial charge in [-0.3, -0.25) is 0 Å². The normalized spacial score (nSPS) is 9.69. The Morgan fingerprint density at radius 2 is 1.88 bits per heavy atom. The molecule has 0 aliphatic heterocycles. The monoisotopic (exact) mass is 222 g/mol. The molecule has 2 N–H and O–H groups in total. The fourth-order valence-electron chi connectivity index (χ4n) is 1.21. The lowest BCUT2D eigenvalue weighted by atomic mass is 10.1. The molecule has 0 fully saturated rings. The van der Waals surface area contributed by atoms with E-state index in [0.717, 1.165) is 5.56 Å². The van der Waals surface area contributed by atoms with Crippen LogP contribution in [-0.2, 0) is 0 Å². The van der Waals surface area contributed by atoms with Crippen molar-refractivity contribution in [2.75, 3.05) is 19.4 Å². The van der Waals surface area contributed by atoms with Gasteiger partial charge in [0.1, 0.15) is 0 Å². The summed E-state index contributed by atoms with van der Waals surface area (Å²) in [5, 5.41) is 11.5. The van der Waals surface area contributed by atoms with Crippen molar-refractivity contribution in [3.8, 4) is 0 Å². The van der Waals surface area contributed by atoms with Crippen LogP contribution in [0.1, 0.15) is 15.9 Å². The van der Waals surface area contributed by atoms with E-state index in [1.54, 1.807) is 33.2 Å². The third-order valence-electron chi connectivity index (χ3n) is 1.98. The molecule has 1 aromatic rings. The lowest BCUT2D eigenvalue weighted by molar-refractivity contribution is 0.0696. The molecule has 0 aliphatic rings. The summed E-state index contributed by atoms with van der Waals surface area (Å²) in [4.78, 5) is 23.6. The Balaban J connectivity index is 2.97. The standard InChI is InChI=1S/C11H14N2O3/c1-7-4-8(10(14)15)6-9(5-7)12-11(16)13(2)3/h4-6H,1-3H3,(H,12,16)(H,14,15). The van der Waals surface area contributed by atoms with Crippen LogP contribution in [-0.4, -0.2) is 36.1 Å². The van der Waals surface area contributed by atoms with E-state index in [-0.39, 0.29) is 11.6 Å². The van der Waals surface area contributed by atoms with E-state index in [2.05, 4.69) is 5.32 Å². The van der Waals surface area contributed by atoms with E-state index in [1.807, 2.05) is 0 Å². The van der Waals surface area contributed by atoms with Crippen LogP contribution in [0, 0.1) is 6.92 Å². The molecular weight excluding hydrogens is 208 g/mol. The Morgan fingerprint density at radius 1 is 1.25 bits per heavy atom. The van der Waals surface area contributed by atoms with Crippen LogP contribution >= 0.6 is 0 Å². The predicted octanol–water partition coefficient (Wildman–Crippen LogP) is 1.79. The summed E-state index contributed by atoms with van der Waals surface area (Å²) in [5.74, 6) is -1.01. The molecule has 1 rings (SSSR count). The van der Waals surface area contributed by atoms with Crippen molar-refractivity contribution in [1.82, 2.24) is 4.90 Å². The van der Waals surface area contributed by atoms with Crippen molar-refractivity contribution >= 4 is 17.7 Å². The first-order valence-electron chi connectivity index (χ1n) is 4.73. The van der Waals surface area contributed by atoms with Crippen molar-refractivity contribution in [3.63, 3.8) is 0 Å². The topological polar surface area (TPSA) is 69.6 Å². The maximum Gasteiger partial charge on any atom is 0.335 e. The van der Waals surface area contributed by atoms with Gasteiger partial charge in [-0.05, 0) is 30.7 Å². The zero-order valence-electron chi connectivity index (χ0n) is 9.44. The number of hydrogen-bond donors (Lipinski definition) is 2. The number of amides is 2. The number of carboxylic acid groups (broad SMARTS) is 1. The third-order valence-corrected chi connectivity index (χ3v) is 1.98. The zero-order chi connectivity index (χ0) is 12.3. The van der Waals surface area contributed by atoms with E-state index in [1.165, 1.54) is 11.0 Å². The second-order valence-electron chi connectivity index (χ2n) is 3.72. The minimum atomic E-state index is -1.01. The summed E-state index contributed by atoms with van der Waals surface area (Å²) in [6.07, 6.45) is 0. The highest BCUT2D eigenvalue weighted by Gasteiger charge is 2.08. The van der Waals surface area contributed by atoms with Gasteiger partial charge in [0.05, 0.1) is 5.56 Å². The quantitative estimate of drug-likeness (QED) is 0.801. The molecule has 5 heteroatoms. The number of urea groups is 1. The van der Waals surface area contributed by atoms with Gasteiger partial charge in [0.15, 0.2) is 0 Å². The van der Waals surface area contributed by atoms with Gasteiger partial charge in [-0.1, -0.05) is 0 Å². The number of carbonyl (C=O) groups excluding carboxylic acids is 1. The van der Waals surface area contributed by atoms with E-state index in [4.69, 9.17) is 5.11 Å². The highest BCUT2D eigenvalue weighted by molar-refractivity contribution is 5.93. The van der Waals surface area contributed by atoms with Crippen molar-refractivity contribution in [2.45, 2.75) is 6.92 Å². The second kappa shape index (κ2) is 4.65. The van der Waals surface area contributed by atoms with Crippen LogP contribution in [0.4, 0.5) is 10.5 Å². The molecule has 5 nitrogen and oxygen atoms in total. The minimum absolute atomic E-state index is 0.161. The molecule has 16 heavy (non-hydrogen) atoms. The smallest absolute Gasteiger partial charge is 0.335 e. The van der Waals surface area contributed by atoms with Crippen LogP contribution in [0.25, 0.3) is 0 Å². The predicted molar refractivity (Wildman–Crippen MR) is 60.8 cm³/mol. The highest BCUT2D eigenvalue weighted by Crippen LogP contribution is 2.14. The van der Waals surface area contributed by atoms with Crippen LogP contribution in [0.3, 0.4) is 0 Å². The second-order valence-corrected chi connectivity index (χ2v) is 3.72. The molecule has 0 heterocycles. The molecule has 0 aromatic heterocycles. The maximum absolute atomic E-state index is 11.4. The third kappa shape index (κ3) is 2.98. The highest BCUT2D eigenvalue weighted by atomic mass is 16.4. The Kier molecular flexibility index (Phi) is 3.50. The number of carboxylic acids is 1. The van der Waals surface area contributed by atoms with Crippen LogP contribution in [0.15, 0.2) is 18.2 Å². The Bertz CT molecular complexity index is 427. The van der Waals surface area contributed by atoms with E-state index >= 15 is 0 Å². The average molecular weight is 222 g/mol. The number of aromatic carboxylic acids is 1. The number of nitrogens with zero attached hydrogens (tertiary/aromatic N) is 1. The molecule has 0 atom stereocenters. The van der Waals surface area contributed by atoms with E-state index in [0.29, 0.717) is 5.69 Å². The summed E-state index contributed by atoms with van der Waals surface area (Å²) in [6, 6.07) is 4.40. The Hall–Kier alpha value is -2.04. The van der Waals surface area contributed by atoms with E-state index < -0.39 is 5.97 Å². The van der Waals surface area contributed by atoms with Gasteiger partial charge >= 0.3 is 12.0 Å². The largest absolute Gasteiger partial charge is 0.478 e.